The normalized spacial score (nSPS) is 36.8. The van der Waals surface area contributed by atoms with Crippen LogP contribution in [0.3, 0.4) is 0 Å². The number of ether oxygens (including phenoxy) is 3. The molecule has 0 spiro atoms. The Morgan fingerprint density at radius 3 is 2.00 bits per heavy atom. The SMILES string of the molecule is CCC(C)(OCOC1CCCCC1)C(=O)OC(C)(C)C12CC3CC(CC(C3)C1)C2. The zero-order valence-electron chi connectivity index (χ0n) is 19.1. The molecule has 0 aromatic heterocycles. The van der Waals surface area contributed by atoms with Crippen molar-refractivity contribution in [1.82, 2.24) is 0 Å². The van der Waals surface area contributed by atoms with Crippen LogP contribution in [-0.4, -0.2) is 30.1 Å². The first-order chi connectivity index (χ1) is 13.8. The monoisotopic (exact) mass is 406 g/mol. The van der Waals surface area contributed by atoms with Gasteiger partial charge in [0.1, 0.15) is 12.4 Å². The predicted molar refractivity (Wildman–Crippen MR) is 113 cm³/mol. The van der Waals surface area contributed by atoms with Crippen molar-refractivity contribution in [3.8, 4) is 0 Å². The second kappa shape index (κ2) is 8.15. The van der Waals surface area contributed by atoms with E-state index < -0.39 is 11.2 Å². The van der Waals surface area contributed by atoms with Crippen molar-refractivity contribution in [2.24, 2.45) is 23.2 Å². The number of rotatable bonds is 8. The predicted octanol–water partition coefficient (Wildman–Crippen LogP) is 6.02. The minimum absolute atomic E-state index is 0.157. The van der Waals surface area contributed by atoms with Gasteiger partial charge in [0.2, 0.25) is 0 Å². The average Bonchev–Trinajstić information content (AvgIpc) is 2.67. The van der Waals surface area contributed by atoms with Gasteiger partial charge < -0.3 is 14.2 Å². The summed E-state index contributed by atoms with van der Waals surface area (Å²) in [5, 5.41) is 0. The molecule has 0 radical (unpaired) electrons. The molecule has 5 fully saturated rings. The number of esters is 1. The van der Waals surface area contributed by atoms with Crippen LogP contribution >= 0.6 is 0 Å². The van der Waals surface area contributed by atoms with Crippen LogP contribution in [0.2, 0.25) is 0 Å². The summed E-state index contributed by atoms with van der Waals surface area (Å²) >= 11 is 0. The van der Waals surface area contributed by atoms with Crippen LogP contribution in [0.4, 0.5) is 0 Å². The lowest BCUT2D eigenvalue weighted by atomic mass is 9.46. The van der Waals surface area contributed by atoms with Crippen molar-refractivity contribution < 1.29 is 19.0 Å². The van der Waals surface area contributed by atoms with E-state index in [2.05, 4.69) is 13.8 Å². The average molecular weight is 407 g/mol. The van der Waals surface area contributed by atoms with Crippen LogP contribution in [0, 0.1) is 23.2 Å². The van der Waals surface area contributed by atoms with Gasteiger partial charge >= 0.3 is 5.97 Å². The second-order valence-electron chi connectivity index (χ2n) is 11.4. The molecule has 5 saturated carbocycles. The number of hydrogen-bond donors (Lipinski definition) is 0. The summed E-state index contributed by atoms with van der Waals surface area (Å²) in [6.45, 7) is 8.37. The zero-order chi connectivity index (χ0) is 20.7. The van der Waals surface area contributed by atoms with Gasteiger partial charge in [-0.2, -0.15) is 0 Å². The third-order valence-electron chi connectivity index (χ3n) is 9.00. The molecule has 0 saturated heterocycles. The molecule has 0 aromatic carbocycles. The first-order valence-electron chi connectivity index (χ1n) is 12.2. The van der Waals surface area contributed by atoms with Gasteiger partial charge in [-0.3, -0.25) is 0 Å². The smallest absolute Gasteiger partial charge is 0.338 e. The minimum atomic E-state index is -0.936. The van der Waals surface area contributed by atoms with Crippen molar-refractivity contribution in [1.29, 1.82) is 0 Å². The van der Waals surface area contributed by atoms with E-state index in [9.17, 15) is 4.79 Å². The first kappa shape index (κ1) is 21.6. The number of carbonyl (C=O) groups excluding carboxylic acids is 1. The maximum absolute atomic E-state index is 13.3. The van der Waals surface area contributed by atoms with Crippen LogP contribution in [0.25, 0.3) is 0 Å². The van der Waals surface area contributed by atoms with Gasteiger partial charge in [0, 0.05) is 5.41 Å². The maximum atomic E-state index is 13.3. The molecular weight excluding hydrogens is 364 g/mol. The second-order valence-corrected chi connectivity index (χ2v) is 11.4. The van der Waals surface area contributed by atoms with E-state index in [0.29, 0.717) is 6.42 Å². The van der Waals surface area contributed by atoms with E-state index >= 15 is 0 Å². The highest BCUT2D eigenvalue weighted by molar-refractivity contribution is 5.79. The molecule has 4 heteroatoms. The molecule has 166 valence electrons. The third-order valence-corrected chi connectivity index (χ3v) is 9.00. The Morgan fingerprint density at radius 2 is 1.48 bits per heavy atom. The van der Waals surface area contributed by atoms with Gasteiger partial charge in [0.25, 0.3) is 0 Å². The molecule has 1 atom stereocenters. The maximum Gasteiger partial charge on any atom is 0.338 e. The van der Waals surface area contributed by atoms with Crippen LogP contribution in [0.5, 0.6) is 0 Å². The molecule has 5 rings (SSSR count). The quantitative estimate of drug-likeness (QED) is 0.365. The first-order valence-corrected chi connectivity index (χ1v) is 12.2. The van der Waals surface area contributed by atoms with Gasteiger partial charge in [0.15, 0.2) is 5.60 Å². The Labute approximate surface area is 177 Å². The van der Waals surface area contributed by atoms with Gasteiger partial charge in [-0.15, -0.1) is 0 Å². The standard InChI is InChI=1S/C25H42O4/c1-5-24(4,28-17-27-21-9-7-6-8-10-21)22(26)29-23(2,3)25-14-18-11-19(15-25)13-20(12-18)16-25/h18-21H,5-17H2,1-4H3. The summed E-state index contributed by atoms with van der Waals surface area (Å²) in [7, 11) is 0. The van der Waals surface area contributed by atoms with E-state index in [0.717, 1.165) is 30.6 Å². The van der Waals surface area contributed by atoms with E-state index in [1.807, 2.05) is 13.8 Å². The summed E-state index contributed by atoms with van der Waals surface area (Å²) in [4.78, 5) is 13.3. The highest BCUT2D eigenvalue weighted by atomic mass is 16.7. The minimum Gasteiger partial charge on any atom is -0.457 e. The highest BCUT2D eigenvalue weighted by Gasteiger charge is 2.59. The van der Waals surface area contributed by atoms with E-state index in [1.165, 1.54) is 57.8 Å². The van der Waals surface area contributed by atoms with Crippen molar-refractivity contribution >= 4 is 5.97 Å². The van der Waals surface area contributed by atoms with Crippen LogP contribution in [-0.2, 0) is 19.0 Å². The third kappa shape index (κ3) is 4.26. The van der Waals surface area contributed by atoms with Crippen LogP contribution in [0.1, 0.15) is 105 Å². The summed E-state index contributed by atoms with van der Waals surface area (Å²) in [5.74, 6) is 2.32. The molecule has 0 aliphatic heterocycles. The highest BCUT2D eigenvalue weighted by Crippen LogP contribution is 2.64. The van der Waals surface area contributed by atoms with Crippen molar-refractivity contribution in [2.45, 2.75) is 122 Å². The molecule has 0 amide bonds. The van der Waals surface area contributed by atoms with Crippen molar-refractivity contribution in [3.63, 3.8) is 0 Å². The fourth-order valence-electron chi connectivity index (χ4n) is 7.09. The molecule has 5 aliphatic carbocycles. The summed E-state index contributed by atoms with van der Waals surface area (Å²) in [6, 6.07) is 0. The zero-order valence-corrected chi connectivity index (χ0v) is 19.1. The van der Waals surface area contributed by atoms with Crippen molar-refractivity contribution in [3.05, 3.63) is 0 Å². The topological polar surface area (TPSA) is 44.8 Å². The van der Waals surface area contributed by atoms with Crippen LogP contribution < -0.4 is 0 Å². The molecular formula is C25H42O4. The Morgan fingerprint density at radius 1 is 0.931 bits per heavy atom. The molecule has 4 bridgehead atoms. The number of carbonyl (C=O) groups is 1. The Hall–Kier alpha value is -0.610. The molecule has 1 unspecified atom stereocenters. The Kier molecular flexibility index (Phi) is 6.07. The lowest BCUT2D eigenvalue weighted by Crippen LogP contribution is -2.58. The molecule has 29 heavy (non-hydrogen) atoms. The van der Waals surface area contributed by atoms with Crippen LogP contribution in [0.15, 0.2) is 0 Å². The van der Waals surface area contributed by atoms with Crippen molar-refractivity contribution in [2.75, 3.05) is 6.79 Å². The largest absolute Gasteiger partial charge is 0.457 e. The van der Waals surface area contributed by atoms with Gasteiger partial charge in [0.05, 0.1) is 6.10 Å². The lowest BCUT2D eigenvalue weighted by molar-refractivity contribution is -0.227. The molecule has 5 aliphatic rings. The van der Waals surface area contributed by atoms with Gasteiger partial charge in [-0.05, 0) is 96.3 Å². The molecule has 0 heterocycles. The van der Waals surface area contributed by atoms with E-state index in [4.69, 9.17) is 14.2 Å². The fraction of sp³-hybridized carbons (Fsp3) is 0.960. The molecule has 0 N–H and O–H groups in total. The van der Waals surface area contributed by atoms with E-state index in [1.54, 1.807) is 0 Å². The lowest BCUT2D eigenvalue weighted by Gasteiger charge is -2.61. The van der Waals surface area contributed by atoms with Gasteiger partial charge in [-0.1, -0.05) is 26.2 Å². The summed E-state index contributed by atoms with van der Waals surface area (Å²) in [5.41, 5.74) is -1.22. The Balaban J connectivity index is 1.37. The molecule has 4 nitrogen and oxygen atoms in total. The van der Waals surface area contributed by atoms with E-state index in [-0.39, 0.29) is 24.3 Å². The number of hydrogen-bond acceptors (Lipinski definition) is 4. The fourth-order valence-corrected chi connectivity index (χ4v) is 7.09. The summed E-state index contributed by atoms with van der Waals surface area (Å²) < 4.78 is 18.2. The Bertz CT molecular complexity index is 556. The summed E-state index contributed by atoms with van der Waals surface area (Å²) in [6.07, 6.45) is 14.8. The molecule has 0 aromatic rings. The van der Waals surface area contributed by atoms with Gasteiger partial charge in [-0.25, -0.2) is 4.79 Å².